The molecule has 0 radical (unpaired) electrons. The fraction of sp³-hybridized carbons (Fsp3) is 1.00. The van der Waals surface area contributed by atoms with E-state index >= 15 is 0 Å². The summed E-state index contributed by atoms with van der Waals surface area (Å²) < 4.78 is 10.7. The third-order valence-corrected chi connectivity index (χ3v) is 3.85. The van der Waals surface area contributed by atoms with Crippen LogP contribution < -0.4 is 0 Å². The van der Waals surface area contributed by atoms with Gasteiger partial charge in [-0.15, -0.1) is 0 Å². The lowest BCUT2D eigenvalue weighted by atomic mass is 10.1. The molecule has 1 saturated heterocycles. The van der Waals surface area contributed by atoms with E-state index < -0.39 is 37.3 Å². The molecule has 0 unspecified atom stereocenters. The van der Waals surface area contributed by atoms with Crippen LogP contribution in [0.15, 0.2) is 0 Å². The van der Waals surface area contributed by atoms with E-state index in [0.717, 1.165) is 12.8 Å². The monoisotopic (exact) mass is 306 g/mol. The second-order valence-corrected chi connectivity index (χ2v) is 5.69. The zero-order valence-electron chi connectivity index (χ0n) is 12.9. The third kappa shape index (κ3) is 6.18. The van der Waals surface area contributed by atoms with Crippen molar-refractivity contribution >= 4 is 0 Å². The van der Waals surface area contributed by atoms with Gasteiger partial charge >= 0.3 is 0 Å². The Morgan fingerprint density at radius 2 is 1.62 bits per heavy atom. The van der Waals surface area contributed by atoms with Crippen LogP contribution in [0, 0.1) is 0 Å². The summed E-state index contributed by atoms with van der Waals surface area (Å²) in [6, 6.07) is 0. The Balaban J connectivity index is 2.12. The van der Waals surface area contributed by atoms with Crippen molar-refractivity contribution in [1.82, 2.24) is 0 Å². The van der Waals surface area contributed by atoms with Gasteiger partial charge in [0.1, 0.15) is 24.4 Å². The highest BCUT2D eigenvalue weighted by atomic mass is 16.7. The van der Waals surface area contributed by atoms with Gasteiger partial charge in [-0.05, 0) is 6.42 Å². The van der Waals surface area contributed by atoms with Crippen molar-refractivity contribution in [1.29, 1.82) is 0 Å². The highest BCUT2D eigenvalue weighted by Crippen LogP contribution is 2.24. The molecule has 4 N–H and O–H groups in total. The van der Waals surface area contributed by atoms with Crippen molar-refractivity contribution in [2.24, 2.45) is 0 Å². The molecule has 0 aliphatic carbocycles. The van der Waals surface area contributed by atoms with Crippen molar-refractivity contribution in [2.45, 2.75) is 82.6 Å². The summed E-state index contributed by atoms with van der Waals surface area (Å²) in [5.74, 6) is 0. The molecule has 6 heteroatoms. The number of hydrogen-bond donors (Lipinski definition) is 4. The molecule has 0 aromatic heterocycles. The van der Waals surface area contributed by atoms with Gasteiger partial charge in [-0.3, -0.25) is 0 Å². The number of hydrogen-bond acceptors (Lipinski definition) is 6. The van der Waals surface area contributed by atoms with Crippen molar-refractivity contribution < 1.29 is 29.9 Å². The Morgan fingerprint density at radius 3 is 2.24 bits per heavy atom. The SMILES string of the molecule is CCCCCCCCCO[C@H]1O[C@H]([C@H](O)CO)[C@H](O)[C@H]1O. The second kappa shape index (κ2) is 10.5. The number of aliphatic hydroxyl groups excluding tert-OH is 4. The summed E-state index contributed by atoms with van der Waals surface area (Å²) in [6.07, 6.45) is 2.54. The maximum absolute atomic E-state index is 9.78. The Kier molecular flexibility index (Phi) is 9.39. The van der Waals surface area contributed by atoms with Crippen molar-refractivity contribution in [3.8, 4) is 0 Å². The summed E-state index contributed by atoms with van der Waals surface area (Å²) >= 11 is 0. The molecule has 1 aliphatic rings. The maximum Gasteiger partial charge on any atom is 0.186 e. The minimum atomic E-state index is -1.24. The summed E-state index contributed by atoms with van der Waals surface area (Å²) in [6.45, 7) is 2.11. The first kappa shape index (κ1) is 18.8. The molecular formula is C15H30O6. The quantitative estimate of drug-likeness (QED) is 0.416. The molecule has 1 aliphatic heterocycles. The molecule has 1 rings (SSSR count). The van der Waals surface area contributed by atoms with Crippen molar-refractivity contribution in [3.63, 3.8) is 0 Å². The van der Waals surface area contributed by atoms with Crippen LogP contribution in [0.2, 0.25) is 0 Å². The minimum Gasteiger partial charge on any atom is -0.394 e. The molecule has 0 spiro atoms. The standard InChI is InChI=1S/C15H30O6/c1-2-3-4-5-6-7-8-9-20-15-13(19)12(18)14(21-15)11(17)10-16/h11-19H,2-10H2,1H3/t11-,12-,13-,14-,15+/m1/s1. The number of unbranched alkanes of at least 4 members (excludes halogenated alkanes) is 6. The first-order chi connectivity index (χ1) is 10.1. The molecule has 6 nitrogen and oxygen atoms in total. The van der Waals surface area contributed by atoms with Gasteiger partial charge in [-0.1, -0.05) is 45.4 Å². The van der Waals surface area contributed by atoms with E-state index in [0.29, 0.717) is 6.61 Å². The van der Waals surface area contributed by atoms with Gasteiger partial charge in [0.15, 0.2) is 6.29 Å². The molecule has 0 aromatic carbocycles. The zero-order valence-corrected chi connectivity index (χ0v) is 12.9. The van der Waals surface area contributed by atoms with E-state index in [2.05, 4.69) is 6.92 Å². The van der Waals surface area contributed by atoms with Gasteiger partial charge in [-0.25, -0.2) is 0 Å². The number of rotatable bonds is 11. The normalized spacial score (nSPS) is 30.7. The lowest BCUT2D eigenvalue weighted by Gasteiger charge is -2.18. The Hall–Kier alpha value is -0.240. The minimum absolute atomic E-state index is 0.449. The van der Waals surface area contributed by atoms with Gasteiger partial charge in [-0.2, -0.15) is 0 Å². The average Bonchev–Trinajstić information content (AvgIpc) is 2.77. The molecule has 1 heterocycles. The molecule has 5 atom stereocenters. The smallest absolute Gasteiger partial charge is 0.186 e. The van der Waals surface area contributed by atoms with Gasteiger partial charge in [0.25, 0.3) is 0 Å². The van der Waals surface area contributed by atoms with E-state index in [1.165, 1.54) is 32.1 Å². The van der Waals surface area contributed by atoms with Crippen LogP contribution in [-0.4, -0.2) is 64.3 Å². The molecule has 126 valence electrons. The van der Waals surface area contributed by atoms with Crippen molar-refractivity contribution in [2.75, 3.05) is 13.2 Å². The number of aliphatic hydroxyl groups is 4. The van der Waals surface area contributed by atoms with E-state index in [1.807, 2.05) is 0 Å². The molecule has 0 aromatic rings. The summed E-state index contributed by atoms with van der Waals surface area (Å²) in [7, 11) is 0. The average molecular weight is 306 g/mol. The highest BCUT2D eigenvalue weighted by Gasteiger charge is 2.46. The van der Waals surface area contributed by atoms with Crippen LogP contribution in [0.25, 0.3) is 0 Å². The van der Waals surface area contributed by atoms with Crippen LogP contribution in [0.1, 0.15) is 51.9 Å². The molecule has 0 saturated carbocycles. The first-order valence-electron chi connectivity index (χ1n) is 8.04. The van der Waals surface area contributed by atoms with Gasteiger partial charge in [0.2, 0.25) is 0 Å². The molecule has 21 heavy (non-hydrogen) atoms. The topological polar surface area (TPSA) is 99.4 Å². The fourth-order valence-corrected chi connectivity index (χ4v) is 2.49. The Morgan fingerprint density at radius 1 is 1.00 bits per heavy atom. The van der Waals surface area contributed by atoms with Crippen LogP contribution in [0.5, 0.6) is 0 Å². The summed E-state index contributed by atoms with van der Waals surface area (Å²) in [5, 5.41) is 37.8. The predicted octanol–water partition coefficient (Wildman–Crippen LogP) is 0.553. The van der Waals surface area contributed by atoms with Gasteiger partial charge in [0, 0.05) is 6.61 Å². The van der Waals surface area contributed by atoms with Crippen LogP contribution in [0.4, 0.5) is 0 Å². The predicted molar refractivity (Wildman–Crippen MR) is 77.7 cm³/mol. The van der Waals surface area contributed by atoms with Crippen LogP contribution in [-0.2, 0) is 9.47 Å². The summed E-state index contributed by atoms with van der Waals surface area (Å²) in [5.41, 5.74) is 0. The van der Waals surface area contributed by atoms with E-state index in [-0.39, 0.29) is 0 Å². The van der Waals surface area contributed by atoms with E-state index in [4.69, 9.17) is 14.6 Å². The fourth-order valence-electron chi connectivity index (χ4n) is 2.49. The van der Waals surface area contributed by atoms with Gasteiger partial charge in [0.05, 0.1) is 6.61 Å². The Labute approximate surface area is 126 Å². The molecular weight excluding hydrogens is 276 g/mol. The largest absolute Gasteiger partial charge is 0.394 e. The molecule has 0 amide bonds. The van der Waals surface area contributed by atoms with Crippen molar-refractivity contribution in [3.05, 3.63) is 0 Å². The molecule has 0 bridgehead atoms. The molecule has 1 fully saturated rings. The van der Waals surface area contributed by atoms with E-state index in [1.54, 1.807) is 0 Å². The lowest BCUT2D eigenvalue weighted by Crippen LogP contribution is -2.40. The first-order valence-corrected chi connectivity index (χ1v) is 8.04. The highest BCUT2D eigenvalue weighted by molar-refractivity contribution is 4.90. The number of ether oxygens (including phenoxy) is 2. The van der Waals surface area contributed by atoms with E-state index in [9.17, 15) is 15.3 Å². The van der Waals surface area contributed by atoms with Crippen LogP contribution in [0.3, 0.4) is 0 Å². The third-order valence-electron chi connectivity index (χ3n) is 3.85. The maximum atomic E-state index is 9.78. The summed E-state index contributed by atoms with van der Waals surface area (Å²) in [4.78, 5) is 0. The second-order valence-electron chi connectivity index (χ2n) is 5.69. The lowest BCUT2D eigenvalue weighted by molar-refractivity contribution is -0.181. The van der Waals surface area contributed by atoms with Crippen LogP contribution >= 0.6 is 0 Å². The van der Waals surface area contributed by atoms with Gasteiger partial charge < -0.3 is 29.9 Å². The Bertz CT molecular complexity index is 263. The zero-order chi connectivity index (χ0) is 15.7.